The van der Waals surface area contributed by atoms with Gasteiger partial charge in [0.05, 0.1) is 11.8 Å². The Labute approximate surface area is 144 Å². The lowest BCUT2D eigenvalue weighted by Crippen LogP contribution is -2.29. The third-order valence-electron chi connectivity index (χ3n) is 3.21. The standard InChI is InChI=1S/C18H17N3O4/c22-16(19-11-13-4-2-1-3-5-13)10-17(23)21-20-12-14-6-8-15(9-7-14)18(24)25/h1-9,12H,10-11H2,(H,19,22)(H,21,23)(H,24,25)/b20-12+. The molecule has 0 heterocycles. The smallest absolute Gasteiger partial charge is 0.335 e. The molecule has 3 N–H and O–H groups in total. The van der Waals surface area contributed by atoms with E-state index in [0.29, 0.717) is 12.1 Å². The zero-order chi connectivity index (χ0) is 18.1. The molecule has 0 radical (unpaired) electrons. The van der Waals surface area contributed by atoms with Crippen LogP contribution in [-0.4, -0.2) is 29.1 Å². The van der Waals surface area contributed by atoms with E-state index < -0.39 is 17.8 Å². The summed E-state index contributed by atoms with van der Waals surface area (Å²) in [5, 5.41) is 15.2. The summed E-state index contributed by atoms with van der Waals surface area (Å²) in [4.78, 5) is 34.1. The van der Waals surface area contributed by atoms with E-state index in [1.54, 1.807) is 12.1 Å². The lowest BCUT2D eigenvalue weighted by atomic mass is 10.1. The second-order valence-corrected chi connectivity index (χ2v) is 5.16. The van der Waals surface area contributed by atoms with E-state index in [4.69, 9.17) is 5.11 Å². The van der Waals surface area contributed by atoms with Gasteiger partial charge in [0.15, 0.2) is 0 Å². The molecule has 2 aromatic carbocycles. The van der Waals surface area contributed by atoms with Crippen LogP contribution in [-0.2, 0) is 16.1 Å². The zero-order valence-electron chi connectivity index (χ0n) is 13.3. The highest BCUT2D eigenvalue weighted by Gasteiger charge is 2.08. The fourth-order valence-electron chi connectivity index (χ4n) is 1.93. The maximum Gasteiger partial charge on any atom is 0.335 e. The molecule has 7 nitrogen and oxygen atoms in total. The van der Waals surface area contributed by atoms with Crippen LogP contribution in [0.15, 0.2) is 59.7 Å². The number of rotatable bonds is 7. The topological polar surface area (TPSA) is 108 Å². The SMILES string of the molecule is O=C(CC(=O)N/N=C/c1ccc(C(=O)O)cc1)NCc1ccccc1. The van der Waals surface area contributed by atoms with E-state index in [0.717, 1.165) is 5.56 Å². The van der Waals surface area contributed by atoms with Gasteiger partial charge in [0.2, 0.25) is 11.8 Å². The molecule has 2 rings (SSSR count). The molecular formula is C18H17N3O4. The molecule has 25 heavy (non-hydrogen) atoms. The van der Waals surface area contributed by atoms with Gasteiger partial charge in [-0.1, -0.05) is 42.5 Å². The van der Waals surface area contributed by atoms with Gasteiger partial charge in [-0.05, 0) is 23.3 Å². The van der Waals surface area contributed by atoms with Crippen molar-refractivity contribution in [3.05, 3.63) is 71.3 Å². The van der Waals surface area contributed by atoms with Crippen LogP contribution in [0, 0.1) is 0 Å². The number of carboxylic acids is 1. The van der Waals surface area contributed by atoms with Crippen LogP contribution in [0.2, 0.25) is 0 Å². The van der Waals surface area contributed by atoms with Gasteiger partial charge in [-0.15, -0.1) is 0 Å². The van der Waals surface area contributed by atoms with Crippen molar-refractivity contribution < 1.29 is 19.5 Å². The van der Waals surface area contributed by atoms with Gasteiger partial charge in [0.25, 0.3) is 0 Å². The third-order valence-corrected chi connectivity index (χ3v) is 3.21. The molecule has 0 saturated heterocycles. The van der Waals surface area contributed by atoms with Gasteiger partial charge in [-0.25, -0.2) is 10.2 Å². The fourth-order valence-corrected chi connectivity index (χ4v) is 1.93. The number of hydrazone groups is 1. The summed E-state index contributed by atoms with van der Waals surface area (Å²) in [6, 6.07) is 15.4. The number of hydrogen-bond donors (Lipinski definition) is 3. The first-order chi connectivity index (χ1) is 12.0. The van der Waals surface area contributed by atoms with Gasteiger partial charge in [0.1, 0.15) is 6.42 Å². The molecule has 2 aromatic rings. The first kappa shape index (κ1) is 17.9. The predicted molar refractivity (Wildman–Crippen MR) is 92.0 cm³/mol. The average Bonchev–Trinajstić information content (AvgIpc) is 2.61. The molecule has 0 atom stereocenters. The maximum atomic E-state index is 11.7. The molecule has 0 bridgehead atoms. The molecule has 0 saturated carbocycles. The molecule has 7 heteroatoms. The molecule has 0 fully saturated rings. The normalized spacial score (nSPS) is 10.4. The van der Waals surface area contributed by atoms with Crippen LogP contribution in [0.4, 0.5) is 0 Å². The van der Waals surface area contributed by atoms with Crippen molar-refractivity contribution >= 4 is 24.0 Å². The highest BCUT2D eigenvalue weighted by Crippen LogP contribution is 2.02. The van der Waals surface area contributed by atoms with Gasteiger partial charge in [-0.2, -0.15) is 5.10 Å². The molecule has 0 unspecified atom stereocenters. The number of aromatic carboxylic acids is 1. The highest BCUT2D eigenvalue weighted by molar-refractivity contribution is 5.97. The van der Waals surface area contributed by atoms with Gasteiger partial charge < -0.3 is 10.4 Å². The number of benzene rings is 2. The van der Waals surface area contributed by atoms with E-state index >= 15 is 0 Å². The number of nitrogens with one attached hydrogen (secondary N) is 2. The Balaban J connectivity index is 1.74. The van der Waals surface area contributed by atoms with E-state index in [-0.39, 0.29) is 12.0 Å². The molecule has 0 aliphatic rings. The van der Waals surface area contributed by atoms with E-state index in [2.05, 4.69) is 15.8 Å². The molecule has 0 aliphatic carbocycles. The Morgan fingerprint density at radius 1 is 0.960 bits per heavy atom. The summed E-state index contributed by atoms with van der Waals surface area (Å²) in [6.07, 6.45) is 1.04. The summed E-state index contributed by atoms with van der Waals surface area (Å²) in [5.74, 6) is -1.95. The Morgan fingerprint density at radius 3 is 2.28 bits per heavy atom. The summed E-state index contributed by atoms with van der Waals surface area (Å²) in [5.41, 5.74) is 3.98. The second kappa shape index (κ2) is 8.97. The number of carbonyl (C=O) groups is 3. The minimum Gasteiger partial charge on any atom is -0.478 e. The first-order valence-corrected chi connectivity index (χ1v) is 7.50. The quantitative estimate of drug-likeness (QED) is 0.404. The van der Waals surface area contributed by atoms with E-state index in [1.165, 1.54) is 18.3 Å². The summed E-state index contributed by atoms with van der Waals surface area (Å²) in [7, 11) is 0. The first-order valence-electron chi connectivity index (χ1n) is 7.50. The van der Waals surface area contributed by atoms with Crippen molar-refractivity contribution in [3.63, 3.8) is 0 Å². The Bertz CT molecular complexity index is 771. The molecular weight excluding hydrogens is 322 g/mol. The Hall–Kier alpha value is -3.48. The largest absolute Gasteiger partial charge is 0.478 e. The van der Waals surface area contributed by atoms with Crippen LogP contribution in [0.25, 0.3) is 0 Å². The van der Waals surface area contributed by atoms with Crippen molar-refractivity contribution in [3.8, 4) is 0 Å². The number of carbonyl (C=O) groups excluding carboxylic acids is 2. The van der Waals surface area contributed by atoms with Crippen LogP contribution in [0.5, 0.6) is 0 Å². The zero-order valence-corrected chi connectivity index (χ0v) is 13.3. The van der Waals surface area contributed by atoms with Crippen molar-refractivity contribution in [2.75, 3.05) is 0 Å². The minimum atomic E-state index is -1.02. The maximum absolute atomic E-state index is 11.7. The fraction of sp³-hybridized carbons (Fsp3) is 0.111. The lowest BCUT2D eigenvalue weighted by Gasteiger charge is -2.04. The van der Waals surface area contributed by atoms with Crippen molar-refractivity contribution in [2.24, 2.45) is 5.10 Å². The monoisotopic (exact) mass is 339 g/mol. The molecule has 2 amide bonds. The number of nitrogens with zero attached hydrogens (tertiary/aromatic N) is 1. The molecule has 0 aliphatic heterocycles. The summed E-state index contributed by atoms with van der Waals surface area (Å²) >= 11 is 0. The molecule has 0 spiro atoms. The summed E-state index contributed by atoms with van der Waals surface area (Å²) < 4.78 is 0. The van der Waals surface area contributed by atoms with Crippen LogP contribution >= 0.6 is 0 Å². The van der Waals surface area contributed by atoms with Crippen molar-refractivity contribution in [1.29, 1.82) is 0 Å². The molecule has 128 valence electrons. The van der Waals surface area contributed by atoms with Crippen LogP contribution in [0.3, 0.4) is 0 Å². The predicted octanol–water partition coefficient (Wildman–Crippen LogP) is 1.54. The highest BCUT2D eigenvalue weighted by atomic mass is 16.4. The number of carboxylic acid groups (broad SMARTS) is 1. The van der Waals surface area contributed by atoms with E-state index in [9.17, 15) is 14.4 Å². The third kappa shape index (κ3) is 6.26. The minimum absolute atomic E-state index is 0.163. The van der Waals surface area contributed by atoms with Crippen molar-refractivity contribution in [2.45, 2.75) is 13.0 Å². The summed E-state index contributed by atoms with van der Waals surface area (Å²) in [6.45, 7) is 0.353. The van der Waals surface area contributed by atoms with Gasteiger partial charge in [-0.3, -0.25) is 9.59 Å². The van der Waals surface area contributed by atoms with Crippen LogP contribution < -0.4 is 10.7 Å². The number of amides is 2. The van der Waals surface area contributed by atoms with Crippen molar-refractivity contribution in [1.82, 2.24) is 10.7 Å². The van der Waals surface area contributed by atoms with Crippen LogP contribution in [0.1, 0.15) is 27.9 Å². The average molecular weight is 339 g/mol. The van der Waals surface area contributed by atoms with E-state index in [1.807, 2.05) is 30.3 Å². The second-order valence-electron chi connectivity index (χ2n) is 5.16. The Kier molecular flexibility index (Phi) is 6.41. The lowest BCUT2D eigenvalue weighted by molar-refractivity contribution is -0.129. The number of hydrogen-bond acceptors (Lipinski definition) is 4. The van der Waals surface area contributed by atoms with Gasteiger partial charge >= 0.3 is 5.97 Å². The molecule has 0 aromatic heterocycles. The Morgan fingerprint density at radius 2 is 1.64 bits per heavy atom. The van der Waals surface area contributed by atoms with Gasteiger partial charge in [0, 0.05) is 6.54 Å².